The molecule has 3 N–H and O–H groups in total. The molecule has 6 heteroatoms. The average Bonchev–Trinajstić information content (AvgIpc) is 2.80. The predicted octanol–water partition coefficient (Wildman–Crippen LogP) is 4.72. The molecule has 158 valence electrons. The molecule has 3 aromatic rings. The van der Waals surface area contributed by atoms with Gasteiger partial charge in [0, 0.05) is 22.9 Å². The number of amides is 3. The lowest BCUT2D eigenvalue weighted by Gasteiger charge is -2.15. The summed E-state index contributed by atoms with van der Waals surface area (Å²) >= 11 is 0. The summed E-state index contributed by atoms with van der Waals surface area (Å²) in [7, 11) is 0. The highest BCUT2D eigenvalue weighted by atomic mass is 16.2. The predicted molar refractivity (Wildman–Crippen MR) is 122 cm³/mol. The number of nitrogens with one attached hydrogen (secondary N) is 3. The number of carbonyl (C=O) groups is 3. The van der Waals surface area contributed by atoms with Crippen molar-refractivity contribution in [1.82, 2.24) is 5.32 Å². The van der Waals surface area contributed by atoms with Crippen LogP contribution in [-0.2, 0) is 0 Å². The van der Waals surface area contributed by atoms with Gasteiger partial charge in [-0.3, -0.25) is 14.4 Å². The summed E-state index contributed by atoms with van der Waals surface area (Å²) in [4.78, 5) is 37.5. The van der Waals surface area contributed by atoms with Gasteiger partial charge in [0.05, 0.1) is 11.3 Å². The molecule has 0 spiro atoms. The molecule has 0 aliphatic carbocycles. The minimum absolute atomic E-state index is 0.0369. The summed E-state index contributed by atoms with van der Waals surface area (Å²) in [6.45, 7) is 3.92. The zero-order valence-electron chi connectivity index (χ0n) is 17.5. The lowest BCUT2D eigenvalue weighted by Crippen LogP contribution is -2.32. The van der Waals surface area contributed by atoms with E-state index in [-0.39, 0.29) is 23.8 Å². The minimum atomic E-state index is -0.343. The van der Waals surface area contributed by atoms with Crippen LogP contribution in [0.15, 0.2) is 78.9 Å². The van der Waals surface area contributed by atoms with E-state index in [1.807, 2.05) is 19.9 Å². The maximum absolute atomic E-state index is 12.7. The van der Waals surface area contributed by atoms with Crippen LogP contribution in [0.3, 0.4) is 0 Å². The highest BCUT2D eigenvalue weighted by molar-refractivity contribution is 6.09. The molecule has 0 heterocycles. The number of hydrogen-bond donors (Lipinski definition) is 3. The molecule has 1 atom stereocenters. The highest BCUT2D eigenvalue weighted by Gasteiger charge is 2.15. The van der Waals surface area contributed by atoms with Crippen molar-refractivity contribution in [3.8, 4) is 0 Å². The summed E-state index contributed by atoms with van der Waals surface area (Å²) in [5.41, 5.74) is 2.39. The lowest BCUT2D eigenvalue weighted by molar-refractivity contribution is 0.0939. The molecule has 0 fully saturated rings. The smallest absolute Gasteiger partial charge is 0.255 e. The summed E-state index contributed by atoms with van der Waals surface area (Å²) in [5, 5.41) is 8.50. The number of hydrogen-bond acceptors (Lipinski definition) is 3. The van der Waals surface area contributed by atoms with E-state index in [1.165, 1.54) is 0 Å². The third-order valence-corrected chi connectivity index (χ3v) is 4.85. The second-order valence-electron chi connectivity index (χ2n) is 7.18. The Morgan fingerprint density at radius 2 is 1.29 bits per heavy atom. The van der Waals surface area contributed by atoms with Crippen LogP contribution in [0.2, 0.25) is 0 Å². The molecule has 0 aromatic heterocycles. The van der Waals surface area contributed by atoms with Crippen molar-refractivity contribution in [2.75, 3.05) is 10.6 Å². The molecular formula is C25H25N3O3. The first kappa shape index (κ1) is 21.8. The van der Waals surface area contributed by atoms with Crippen molar-refractivity contribution in [1.29, 1.82) is 0 Å². The van der Waals surface area contributed by atoms with Gasteiger partial charge in [-0.1, -0.05) is 37.3 Å². The van der Waals surface area contributed by atoms with E-state index in [0.717, 1.165) is 6.42 Å². The van der Waals surface area contributed by atoms with Gasteiger partial charge in [0.1, 0.15) is 0 Å². The van der Waals surface area contributed by atoms with Gasteiger partial charge in [0.15, 0.2) is 0 Å². The van der Waals surface area contributed by atoms with Gasteiger partial charge in [0.25, 0.3) is 17.7 Å². The summed E-state index contributed by atoms with van der Waals surface area (Å²) in [6.07, 6.45) is 0.813. The number of benzene rings is 3. The number of para-hydroxylation sites is 1. The maximum Gasteiger partial charge on any atom is 0.255 e. The van der Waals surface area contributed by atoms with Crippen molar-refractivity contribution in [3.63, 3.8) is 0 Å². The third kappa shape index (κ3) is 5.79. The molecule has 0 radical (unpaired) electrons. The van der Waals surface area contributed by atoms with Crippen molar-refractivity contribution in [2.24, 2.45) is 0 Å². The van der Waals surface area contributed by atoms with E-state index >= 15 is 0 Å². The summed E-state index contributed by atoms with van der Waals surface area (Å²) < 4.78 is 0. The van der Waals surface area contributed by atoms with Crippen molar-refractivity contribution in [2.45, 2.75) is 26.3 Å². The van der Waals surface area contributed by atoms with Crippen molar-refractivity contribution >= 4 is 29.1 Å². The van der Waals surface area contributed by atoms with Crippen LogP contribution in [0, 0.1) is 0 Å². The van der Waals surface area contributed by atoms with Gasteiger partial charge < -0.3 is 16.0 Å². The van der Waals surface area contributed by atoms with E-state index in [9.17, 15) is 14.4 Å². The second kappa shape index (κ2) is 10.2. The normalized spacial score (nSPS) is 11.3. The van der Waals surface area contributed by atoms with Crippen LogP contribution in [-0.4, -0.2) is 23.8 Å². The quantitative estimate of drug-likeness (QED) is 0.522. The molecule has 31 heavy (non-hydrogen) atoms. The minimum Gasteiger partial charge on any atom is -0.350 e. The van der Waals surface area contributed by atoms with Gasteiger partial charge in [-0.25, -0.2) is 0 Å². The van der Waals surface area contributed by atoms with E-state index in [4.69, 9.17) is 0 Å². The first-order valence-corrected chi connectivity index (χ1v) is 10.2. The van der Waals surface area contributed by atoms with Crippen LogP contribution in [0.4, 0.5) is 11.4 Å². The third-order valence-electron chi connectivity index (χ3n) is 4.85. The zero-order chi connectivity index (χ0) is 22.2. The Kier molecular flexibility index (Phi) is 7.17. The molecule has 0 bridgehead atoms. The molecule has 0 saturated heterocycles. The Hall–Kier alpha value is -3.93. The van der Waals surface area contributed by atoms with E-state index < -0.39 is 0 Å². The van der Waals surface area contributed by atoms with Crippen LogP contribution in [0.25, 0.3) is 0 Å². The fourth-order valence-electron chi connectivity index (χ4n) is 2.89. The zero-order valence-corrected chi connectivity index (χ0v) is 17.5. The first-order valence-electron chi connectivity index (χ1n) is 10.2. The van der Waals surface area contributed by atoms with Crippen LogP contribution >= 0.6 is 0 Å². The SMILES string of the molecule is CC[C@H](C)NC(=O)c1ccccc1NC(=O)c1ccc(NC(=O)c2ccccc2)cc1. The van der Waals surface area contributed by atoms with E-state index in [0.29, 0.717) is 28.1 Å². The van der Waals surface area contributed by atoms with Crippen molar-refractivity contribution < 1.29 is 14.4 Å². The first-order chi connectivity index (χ1) is 15.0. The van der Waals surface area contributed by atoms with Gasteiger partial charge in [-0.15, -0.1) is 0 Å². The number of carbonyl (C=O) groups excluding carboxylic acids is 3. The highest BCUT2D eigenvalue weighted by Crippen LogP contribution is 2.18. The summed E-state index contributed by atoms with van der Waals surface area (Å²) in [5.74, 6) is -0.798. The standard InChI is InChI=1S/C25H25N3O3/c1-3-17(2)26-25(31)21-11-7-8-12-22(21)28-24(30)19-13-15-20(16-14-19)27-23(29)18-9-5-4-6-10-18/h4-17H,3H2,1-2H3,(H,26,31)(H,27,29)(H,28,30)/t17-/m0/s1. The molecule has 0 saturated carbocycles. The molecule has 0 aliphatic rings. The molecule has 3 aromatic carbocycles. The fraction of sp³-hybridized carbons (Fsp3) is 0.160. The Bertz CT molecular complexity index is 1060. The van der Waals surface area contributed by atoms with Crippen LogP contribution in [0.5, 0.6) is 0 Å². The van der Waals surface area contributed by atoms with E-state index in [1.54, 1.807) is 72.8 Å². The Labute approximate surface area is 181 Å². The largest absolute Gasteiger partial charge is 0.350 e. The molecule has 0 aliphatic heterocycles. The average molecular weight is 415 g/mol. The molecule has 6 nitrogen and oxygen atoms in total. The molecule has 3 amide bonds. The van der Waals surface area contributed by atoms with Crippen molar-refractivity contribution in [3.05, 3.63) is 95.6 Å². The number of rotatable bonds is 7. The van der Waals surface area contributed by atoms with Crippen LogP contribution in [0.1, 0.15) is 51.3 Å². The van der Waals surface area contributed by atoms with Gasteiger partial charge >= 0.3 is 0 Å². The maximum atomic E-state index is 12.7. The Balaban J connectivity index is 1.68. The van der Waals surface area contributed by atoms with Gasteiger partial charge in [0.2, 0.25) is 0 Å². The summed E-state index contributed by atoms with van der Waals surface area (Å²) in [6, 6.07) is 22.4. The van der Waals surface area contributed by atoms with E-state index in [2.05, 4.69) is 16.0 Å². The molecular weight excluding hydrogens is 390 g/mol. The van der Waals surface area contributed by atoms with Gasteiger partial charge in [-0.2, -0.15) is 0 Å². The lowest BCUT2D eigenvalue weighted by atomic mass is 10.1. The monoisotopic (exact) mass is 415 g/mol. The molecule has 0 unspecified atom stereocenters. The van der Waals surface area contributed by atoms with Crippen LogP contribution < -0.4 is 16.0 Å². The number of anilines is 2. The Morgan fingerprint density at radius 1 is 0.710 bits per heavy atom. The topological polar surface area (TPSA) is 87.3 Å². The van der Waals surface area contributed by atoms with Gasteiger partial charge in [-0.05, 0) is 61.9 Å². The molecule has 3 rings (SSSR count). The second-order valence-corrected chi connectivity index (χ2v) is 7.18. The fourth-order valence-corrected chi connectivity index (χ4v) is 2.89. The Morgan fingerprint density at radius 3 is 1.97 bits per heavy atom.